The van der Waals surface area contributed by atoms with Gasteiger partial charge in [-0.25, -0.2) is 14.6 Å². The highest BCUT2D eigenvalue weighted by Crippen LogP contribution is 2.32. The van der Waals surface area contributed by atoms with Crippen LogP contribution in [0.15, 0.2) is 86.1 Å². The number of carboxylic acid groups (broad SMARTS) is 1. The number of furan rings is 1. The van der Waals surface area contributed by atoms with Crippen molar-refractivity contribution in [3.05, 3.63) is 114 Å². The fourth-order valence-electron chi connectivity index (χ4n) is 4.59. The van der Waals surface area contributed by atoms with Crippen LogP contribution in [0.2, 0.25) is 0 Å². The number of allylic oxidation sites excluding steroid dienone is 1. The van der Waals surface area contributed by atoms with Crippen LogP contribution in [0.5, 0.6) is 0 Å². The van der Waals surface area contributed by atoms with Gasteiger partial charge in [0.25, 0.3) is 5.56 Å². The number of carbonyl (C=O) groups excluding carboxylic acids is 1. The smallest absolute Gasteiger partial charge is 0.338 e. The van der Waals surface area contributed by atoms with Gasteiger partial charge in [-0.15, -0.1) is 0 Å². The molecule has 9 heteroatoms. The van der Waals surface area contributed by atoms with Gasteiger partial charge < -0.3 is 14.3 Å². The molecule has 0 spiro atoms. The van der Waals surface area contributed by atoms with Crippen molar-refractivity contribution in [2.75, 3.05) is 7.11 Å². The monoisotopic (exact) mass is 528 g/mol. The topological polar surface area (TPSA) is 111 Å². The van der Waals surface area contributed by atoms with Gasteiger partial charge in [0.1, 0.15) is 11.5 Å². The van der Waals surface area contributed by atoms with E-state index in [-0.39, 0.29) is 11.1 Å². The molecule has 3 heterocycles. The Morgan fingerprint density at radius 1 is 1.16 bits per heavy atom. The quantitative estimate of drug-likeness (QED) is 0.378. The molecule has 8 nitrogen and oxygen atoms in total. The van der Waals surface area contributed by atoms with Gasteiger partial charge in [0.15, 0.2) is 4.80 Å². The average molecular weight is 529 g/mol. The summed E-state index contributed by atoms with van der Waals surface area (Å²) in [5.41, 5.74) is 3.14. The van der Waals surface area contributed by atoms with E-state index in [1.54, 1.807) is 30.3 Å². The third-order valence-electron chi connectivity index (χ3n) is 6.40. The van der Waals surface area contributed by atoms with Crippen LogP contribution in [0.4, 0.5) is 0 Å². The number of carboxylic acids is 1. The molecular formula is C29H24N2O6S. The van der Waals surface area contributed by atoms with Crippen molar-refractivity contribution >= 4 is 29.4 Å². The second kappa shape index (κ2) is 10.1. The van der Waals surface area contributed by atoms with Crippen molar-refractivity contribution in [2.45, 2.75) is 26.3 Å². The Morgan fingerprint density at radius 2 is 1.92 bits per heavy atom. The lowest BCUT2D eigenvalue weighted by Crippen LogP contribution is -2.40. The number of methoxy groups -OCH3 is 1. The number of ether oxygens (including phenoxy) is 1. The summed E-state index contributed by atoms with van der Waals surface area (Å²) in [7, 11) is 1.32. The number of esters is 1. The maximum Gasteiger partial charge on any atom is 0.338 e. The highest BCUT2D eigenvalue weighted by Gasteiger charge is 2.33. The van der Waals surface area contributed by atoms with Crippen LogP contribution >= 0.6 is 11.3 Å². The molecule has 1 aliphatic heterocycles. The number of aromatic nitrogens is 1. The second-order valence-electron chi connectivity index (χ2n) is 8.74. The molecule has 0 amide bonds. The lowest BCUT2D eigenvalue weighted by molar-refractivity contribution is -0.136. The van der Waals surface area contributed by atoms with Gasteiger partial charge in [0, 0.05) is 11.6 Å². The lowest BCUT2D eigenvalue weighted by atomic mass is 9.95. The minimum Gasteiger partial charge on any atom is -0.478 e. The molecule has 2 aromatic carbocycles. The van der Waals surface area contributed by atoms with Crippen molar-refractivity contribution < 1.29 is 23.8 Å². The Labute approximate surface area is 221 Å². The van der Waals surface area contributed by atoms with E-state index in [0.29, 0.717) is 38.5 Å². The van der Waals surface area contributed by atoms with Crippen LogP contribution in [0.1, 0.15) is 46.6 Å². The van der Waals surface area contributed by atoms with E-state index in [2.05, 4.69) is 4.99 Å². The molecule has 1 atom stereocenters. The fourth-order valence-corrected chi connectivity index (χ4v) is 5.59. The molecule has 0 bridgehead atoms. The number of nitrogens with zero attached hydrogens (tertiary/aromatic N) is 2. The number of aryl methyl sites for hydroxylation is 1. The van der Waals surface area contributed by atoms with Gasteiger partial charge in [-0.05, 0) is 48.7 Å². The SMILES string of the molecule is CCC1=C(C(=O)OC)[C@@H](c2ccccc2)n2c(s/c(=C\c3ccc(-c4ccc(C(=O)O)cc4C)o3)c2=O)=N1. The number of hydrogen-bond acceptors (Lipinski definition) is 7. The summed E-state index contributed by atoms with van der Waals surface area (Å²) in [6, 6.07) is 17.0. The number of thiazole rings is 1. The molecule has 38 heavy (non-hydrogen) atoms. The zero-order valence-electron chi connectivity index (χ0n) is 20.9. The molecule has 4 aromatic rings. The van der Waals surface area contributed by atoms with Crippen LogP contribution in [0.3, 0.4) is 0 Å². The summed E-state index contributed by atoms with van der Waals surface area (Å²) in [5, 5.41) is 9.22. The van der Waals surface area contributed by atoms with E-state index in [4.69, 9.17) is 9.15 Å². The van der Waals surface area contributed by atoms with Crippen molar-refractivity contribution in [1.29, 1.82) is 0 Å². The Balaban J connectivity index is 1.62. The Kier molecular flexibility index (Phi) is 6.69. The largest absolute Gasteiger partial charge is 0.478 e. The predicted octanol–water partition coefficient (Wildman–Crippen LogP) is 4.06. The van der Waals surface area contributed by atoms with Crippen LogP contribution in [-0.4, -0.2) is 28.7 Å². The standard InChI is InChI=1S/C29H24N2O6S/c1-4-21-24(28(35)36-3)25(17-8-6-5-7-9-17)31-26(32)23(38-29(31)30-21)15-19-11-13-22(37-19)20-12-10-18(27(33)34)14-16(20)2/h5-15,25H,4H2,1-3H3,(H,33,34)/b23-15-/t25-/m1/s1. The van der Waals surface area contributed by atoms with Crippen molar-refractivity contribution in [2.24, 2.45) is 4.99 Å². The normalized spacial score (nSPS) is 15.2. The minimum absolute atomic E-state index is 0.199. The summed E-state index contributed by atoms with van der Waals surface area (Å²) >= 11 is 1.23. The zero-order chi connectivity index (χ0) is 27.0. The fraction of sp³-hybridized carbons (Fsp3) is 0.172. The molecule has 1 aliphatic rings. The lowest BCUT2D eigenvalue weighted by Gasteiger charge is -2.25. The third-order valence-corrected chi connectivity index (χ3v) is 7.39. The molecular weight excluding hydrogens is 504 g/mol. The molecule has 0 aliphatic carbocycles. The van der Waals surface area contributed by atoms with Crippen LogP contribution in [0.25, 0.3) is 17.4 Å². The van der Waals surface area contributed by atoms with E-state index in [1.807, 2.05) is 44.2 Å². The number of fused-ring (bicyclic) bond motifs is 1. The van der Waals surface area contributed by atoms with Crippen LogP contribution in [0, 0.1) is 6.92 Å². The number of aromatic carboxylic acids is 1. The number of rotatable bonds is 6. The summed E-state index contributed by atoms with van der Waals surface area (Å²) in [5.74, 6) is -0.493. The number of hydrogen-bond donors (Lipinski definition) is 1. The second-order valence-corrected chi connectivity index (χ2v) is 9.74. The van der Waals surface area contributed by atoms with Gasteiger partial charge in [-0.2, -0.15) is 0 Å². The van der Waals surface area contributed by atoms with E-state index >= 15 is 0 Å². The molecule has 0 saturated carbocycles. The number of carbonyl (C=O) groups is 2. The highest BCUT2D eigenvalue weighted by molar-refractivity contribution is 7.07. The van der Waals surface area contributed by atoms with Gasteiger partial charge in [-0.1, -0.05) is 54.7 Å². The van der Waals surface area contributed by atoms with E-state index in [1.165, 1.54) is 29.1 Å². The summed E-state index contributed by atoms with van der Waals surface area (Å²) in [6.45, 7) is 3.73. The number of benzene rings is 2. The Bertz CT molecular complexity index is 1780. The first-order valence-electron chi connectivity index (χ1n) is 11.9. The zero-order valence-corrected chi connectivity index (χ0v) is 21.7. The van der Waals surface area contributed by atoms with E-state index < -0.39 is 18.0 Å². The minimum atomic E-state index is -0.995. The maximum atomic E-state index is 13.7. The van der Waals surface area contributed by atoms with Crippen LogP contribution < -0.4 is 14.9 Å². The summed E-state index contributed by atoms with van der Waals surface area (Å²) < 4.78 is 13.0. The van der Waals surface area contributed by atoms with Gasteiger partial charge >= 0.3 is 11.9 Å². The first kappa shape index (κ1) is 25.2. The molecule has 2 aromatic heterocycles. The van der Waals surface area contributed by atoms with Crippen LogP contribution in [-0.2, 0) is 9.53 Å². The van der Waals surface area contributed by atoms with Gasteiger partial charge in [-0.3, -0.25) is 9.36 Å². The van der Waals surface area contributed by atoms with E-state index in [0.717, 1.165) is 16.7 Å². The summed E-state index contributed by atoms with van der Waals surface area (Å²) in [4.78, 5) is 43.0. The molecule has 0 unspecified atom stereocenters. The van der Waals surface area contributed by atoms with Gasteiger partial charge in [0.2, 0.25) is 0 Å². The highest BCUT2D eigenvalue weighted by atomic mass is 32.1. The van der Waals surface area contributed by atoms with Gasteiger partial charge in [0.05, 0.1) is 34.5 Å². The average Bonchev–Trinajstić information content (AvgIpc) is 3.51. The Morgan fingerprint density at radius 3 is 2.58 bits per heavy atom. The van der Waals surface area contributed by atoms with Crippen molar-refractivity contribution in [3.63, 3.8) is 0 Å². The third kappa shape index (κ3) is 4.41. The van der Waals surface area contributed by atoms with Crippen molar-refractivity contribution in [3.8, 4) is 11.3 Å². The predicted molar refractivity (Wildman–Crippen MR) is 143 cm³/mol. The molecule has 0 radical (unpaired) electrons. The van der Waals surface area contributed by atoms with Crippen molar-refractivity contribution in [1.82, 2.24) is 4.57 Å². The molecule has 5 rings (SSSR count). The molecule has 192 valence electrons. The maximum absolute atomic E-state index is 13.7. The Hall–Kier alpha value is -4.50. The first-order valence-corrected chi connectivity index (χ1v) is 12.8. The molecule has 0 fully saturated rings. The first-order chi connectivity index (χ1) is 18.3. The van der Waals surface area contributed by atoms with E-state index in [9.17, 15) is 19.5 Å². The molecule has 0 saturated heterocycles. The molecule has 1 N–H and O–H groups in total. The summed E-state index contributed by atoms with van der Waals surface area (Å²) in [6.07, 6.45) is 2.16.